The lowest BCUT2D eigenvalue weighted by Crippen LogP contribution is -1.99. The lowest BCUT2D eigenvalue weighted by Gasteiger charge is -1.94. The molecule has 3 nitrogen and oxygen atoms in total. The number of aryl methyl sites for hydroxylation is 1. The first-order valence-electron chi connectivity index (χ1n) is 4.07. The van der Waals surface area contributed by atoms with Crippen molar-refractivity contribution < 1.29 is 4.79 Å². The summed E-state index contributed by atoms with van der Waals surface area (Å²) in [4.78, 5) is 12.1. The van der Waals surface area contributed by atoms with Gasteiger partial charge in [0, 0.05) is 12.8 Å². The van der Waals surface area contributed by atoms with Gasteiger partial charge in [-0.1, -0.05) is 11.4 Å². The summed E-state index contributed by atoms with van der Waals surface area (Å²) in [6, 6.07) is 0. The van der Waals surface area contributed by atoms with E-state index in [1.165, 1.54) is 0 Å². The van der Waals surface area contributed by atoms with Crippen LogP contribution in [0.15, 0.2) is 0 Å². The summed E-state index contributed by atoms with van der Waals surface area (Å²) in [5.41, 5.74) is 0.784. The first kappa shape index (κ1) is 9.87. The van der Waals surface area contributed by atoms with Crippen molar-refractivity contribution in [1.82, 2.24) is 9.59 Å². The summed E-state index contributed by atoms with van der Waals surface area (Å²) in [7, 11) is 0. The van der Waals surface area contributed by atoms with Gasteiger partial charge in [-0.05, 0) is 18.0 Å². The normalized spacial score (nSPS) is 9.54. The number of hydrogen-bond donors (Lipinski definition) is 0. The minimum absolute atomic E-state index is 0.0600. The van der Waals surface area contributed by atoms with Crippen LogP contribution >= 0.6 is 11.5 Å². The van der Waals surface area contributed by atoms with E-state index < -0.39 is 0 Å². The molecule has 0 bridgehead atoms. The lowest BCUT2D eigenvalue weighted by molar-refractivity contribution is 0.0987. The minimum Gasteiger partial charge on any atom is -0.293 e. The van der Waals surface area contributed by atoms with E-state index >= 15 is 0 Å². The average molecular weight is 194 g/mol. The molecule has 0 aliphatic heterocycles. The molecule has 0 unspecified atom stereocenters. The second-order valence-electron chi connectivity index (χ2n) is 2.53. The van der Waals surface area contributed by atoms with Crippen LogP contribution in [0.25, 0.3) is 0 Å². The number of carbonyl (C=O) groups is 1. The van der Waals surface area contributed by atoms with Gasteiger partial charge in [-0.2, -0.15) is 0 Å². The fraction of sp³-hybridized carbons (Fsp3) is 0.444. The molecule has 0 atom stereocenters. The zero-order chi connectivity index (χ0) is 9.68. The van der Waals surface area contributed by atoms with Crippen molar-refractivity contribution >= 4 is 17.3 Å². The molecule has 1 rings (SSSR count). The molecule has 1 heterocycles. The molecule has 68 valence electrons. The Morgan fingerprint density at radius 3 is 3.08 bits per heavy atom. The van der Waals surface area contributed by atoms with Crippen LogP contribution in [0.2, 0.25) is 0 Å². The summed E-state index contributed by atoms with van der Waals surface area (Å²) in [6.07, 6.45) is 6.70. The van der Waals surface area contributed by atoms with Gasteiger partial charge in [-0.25, -0.2) is 0 Å². The molecule has 1 aromatic heterocycles. The molecule has 1 aromatic rings. The third kappa shape index (κ3) is 2.36. The molecule has 13 heavy (non-hydrogen) atoms. The lowest BCUT2D eigenvalue weighted by atomic mass is 10.1. The number of ketones is 1. The van der Waals surface area contributed by atoms with Gasteiger partial charge in [0.1, 0.15) is 4.88 Å². The van der Waals surface area contributed by atoms with Crippen LogP contribution in [0.4, 0.5) is 0 Å². The smallest absolute Gasteiger partial charge is 0.177 e. The predicted octanol–water partition coefficient (Wildman–Crippen LogP) is 1.70. The van der Waals surface area contributed by atoms with E-state index in [1.807, 2.05) is 6.92 Å². The Kier molecular flexibility index (Phi) is 3.59. The predicted molar refractivity (Wildman–Crippen MR) is 51.7 cm³/mol. The number of nitrogens with zero attached hydrogens (tertiary/aromatic N) is 2. The van der Waals surface area contributed by atoms with Crippen molar-refractivity contribution in [2.24, 2.45) is 0 Å². The van der Waals surface area contributed by atoms with E-state index in [-0.39, 0.29) is 5.78 Å². The fourth-order valence-corrected chi connectivity index (χ4v) is 1.67. The average Bonchev–Trinajstić information content (AvgIpc) is 2.61. The number of rotatable bonds is 4. The third-order valence-electron chi connectivity index (χ3n) is 1.64. The Balaban J connectivity index is 2.71. The van der Waals surface area contributed by atoms with Crippen molar-refractivity contribution in [1.29, 1.82) is 0 Å². The first-order chi connectivity index (χ1) is 6.29. The highest BCUT2D eigenvalue weighted by atomic mass is 32.1. The van der Waals surface area contributed by atoms with Gasteiger partial charge in [-0.3, -0.25) is 4.79 Å². The molecule has 0 saturated carbocycles. The maximum absolute atomic E-state index is 11.5. The van der Waals surface area contributed by atoms with Crippen LogP contribution in [0.1, 0.15) is 35.1 Å². The van der Waals surface area contributed by atoms with Gasteiger partial charge in [-0.15, -0.1) is 17.4 Å². The maximum atomic E-state index is 11.5. The van der Waals surface area contributed by atoms with E-state index in [2.05, 4.69) is 15.5 Å². The fourth-order valence-electron chi connectivity index (χ4n) is 0.951. The van der Waals surface area contributed by atoms with Gasteiger partial charge >= 0.3 is 0 Å². The summed E-state index contributed by atoms with van der Waals surface area (Å²) in [6.45, 7) is 1.95. The Morgan fingerprint density at radius 1 is 1.69 bits per heavy atom. The third-order valence-corrected chi connectivity index (χ3v) is 2.45. The van der Waals surface area contributed by atoms with Crippen molar-refractivity contribution in [3.8, 4) is 12.3 Å². The molecule has 4 heteroatoms. The van der Waals surface area contributed by atoms with Gasteiger partial charge in [0.15, 0.2) is 5.78 Å². The van der Waals surface area contributed by atoms with E-state index in [0.29, 0.717) is 17.7 Å². The highest BCUT2D eigenvalue weighted by Crippen LogP contribution is 2.14. The van der Waals surface area contributed by atoms with E-state index in [0.717, 1.165) is 23.6 Å². The van der Waals surface area contributed by atoms with Crippen molar-refractivity contribution in [2.45, 2.75) is 26.2 Å². The van der Waals surface area contributed by atoms with Crippen LogP contribution in [0, 0.1) is 12.3 Å². The quantitative estimate of drug-likeness (QED) is 0.541. The van der Waals surface area contributed by atoms with Gasteiger partial charge in [0.05, 0.1) is 5.69 Å². The van der Waals surface area contributed by atoms with Gasteiger partial charge in [0.2, 0.25) is 0 Å². The number of Topliss-reactive ketones (excluding diaryl/α,β-unsaturated/α-hetero) is 1. The number of terminal acetylenes is 1. The summed E-state index contributed by atoms with van der Waals surface area (Å²) >= 11 is 1.15. The standard InChI is InChI=1S/C9H10N2OS/c1-3-5-6-8(12)9-7(4-2)10-11-13-9/h1H,4-6H2,2H3. The SMILES string of the molecule is C#CCCC(=O)c1snnc1CC. The Morgan fingerprint density at radius 2 is 2.46 bits per heavy atom. The van der Waals surface area contributed by atoms with Crippen LogP contribution in [0.3, 0.4) is 0 Å². The Bertz CT molecular complexity index is 338. The molecule has 0 aromatic carbocycles. The molecule has 0 saturated heterocycles. The van der Waals surface area contributed by atoms with Crippen molar-refractivity contribution in [2.75, 3.05) is 0 Å². The van der Waals surface area contributed by atoms with E-state index in [9.17, 15) is 4.79 Å². The highest BCUT2D eigenvalue weighted by molar-refractivity contribution is 7.08. The number of carbonyl (C=O) groups excluding carboxylic acids is 1. The molecular weight excluding hydrogens is 184 g/mol. The topological polar surface area (TPSA) is 42.9 Å². The molecule has 0 amide bonds. The van der Waals surface area contributed by atoms with Crippen LogP contribution in [-0.2, 0) is 6.42 Å². The summed E-state index contributed by atoms with van der Waals surface area (Å²) < 4.78 is 3.74. The monoisotopic (exact) mass is 194 g/mol. The summed E-state index contributed by atoms with van der Waals surface area (Å²) in [5, 5.41) is 3.86. The molecule has 0 aliphatic carbocycles. The molecule has 0 radical (unpaired) electrons. The zero-order valence-corrected chi connectivity index (χ0v) is 8.23. The van der Waals surface area contributed by atoms with Crippen molar-refractivity contribution in [3.05, 3.63) is 10.6 Å². The molecular formula is C9H10N2OS. The van der Waals surface area contributed by atoms with Crippen molar-refractivity contribution in [3.63, 3.8) is 0 Å². The van der Waals surface area contributed by atoms with Gasteiger partial charge < -0.3 is 0 Å². The second-order valence-corrected chi connectivity index (χ2v) is 3.28. The maximum Gasteiger partial charge on any atom is 0.177 e. The first-order valence-corrected chi connectivity index (χ1v) is 4.84. The molecule has 0 spiro atoms. The number of aromatic nitrogens is 2. The highest BCUT2D eigenvalue weighted by Gasteiger charge is 2.13. The van der Waals surface area contributed by atoms with Crippen LogP contribution < -0.4 is 0 Å². The van der Waals surface area contributed by atoms with Gasteiger partial charge in [0.25, 0.3) is 0 Å². The summed E-state index contributed by atoms with van der Waals surface area (Å²) in [5.74, 6) is 2.50. The molecule has 0 N–H and O–H groups in total. The number of hydrogen-bond acceptors (Lipinski definition) is 4. The Hall–Kier alpha value is -1.21. The molecule has 0 aliphatic rings. The molecule has 0 fully saturated rings. The second kappa shape index (κ2) is 4.73. The Labute approximate surface area is 81.3 Å². The van der Waals surface area contributed by atoms with E-state index in [1.54, 1.807) is 0 Å². The van der Waals surface area contributed by atoms with E-state index in [4.69, 9.17) is 6.42 Å². The van der Waals surface area contributed by atoms with Crippen LogP contribution in [-0.4, -0.2) is 15.4 Å². The zero-order valence-electron chi connectivity index (χ0n) is 7.41. The minimum atomic E-state index is 0.0600. The largest absolute Gasteiger partial charge is 0.293 e. The van der Waals surface area contributed by atoms with Crippen LogP contribution in [0.5, 0.6) is 0 Å².